The molecule has 92 valence electrons. The van der Waals surface area contributed by atoms with Gasteiger partial charge < -0.3 is 9.47 Å². The molecule has 0 heterocycles. The second-order valence-corrected chi connectivity index (χ2v) is 4.76. The third-order valence-corrected chi connectivity index (χ3v) is 2.34. The Kier molecular flexibility index (Phi) is 4.72. The topological polar surface area (TPSA) is 52.6 Å². The Bertz CT molecular complexity index is 270. The van der Waals surface area contributed by atoms with E-state index in [0.717, 1.165) is 0 Å². The molecule has 0 fully saturated rings. The fourth-order valence-corrected chi connectivity index (χ4v) is 1.08. The Labute approximate surface area is 96.6 Å². The quantitative estimate of drug-likeness (QED) is 0.545. The summed E-state index contributed by atoms with van der Waals surface area (Å²) in [4.78, 5) is 22.8. The van der Waals surface area contributed by atoms with E-state index in [1.54, 1.807) is 39.8 Å². The van der Waals surface area contributed by atoms with Crippen LogP contribution in [0.2, 0.25) is 0 Å². The third-order valence-electron chi connectivity index (χ3n) is 2.34. The van der Waals surface area contributed by atoms with Gasteiger partial charge in [0.05, 0.1) is 25.0 Å². The molecule has 0 saturated carbocycles. The van der Waals surface area contributed by atoms with Crippen LogP contribution < -0.4 is 0 Å². The van der Waals surface area contributed by atoms with Gasteiger partial charge in [0.2, 0.25) is 0 Å². The highest BCUT2D eigenvalue weighted by atomic mass is 16.5. The summed E-state index contributed by atoms with van der Waals surface area (Å²) in [7, 11) is 2.67. The minimum atomic E-state index is -0.750. The molecule has 0 aliphatic heterocycles. The van der Waals surface area contributed by atoms with E-state index in [4.69, 9.17) is 0 Å². The minimum Gasteiger partial charge on any atom is -0.468 e. The molecular formula is C12H20O4. The molecule has 0 bridgehead atoms. The summed E-state index contributed by atoms with van der Waals surface area (Å²) in [5.74, 6) is -0.686. The molecule has 0 N–H and O–H groups in total. The summed E-state index contributed by atoms with van der Waals surface area (Å²) in [6.45, 7) is 6.90. The van der Waals surface area contributed by atoms with Crippen molar-refractivity contribution in [2.24, 2.45) is 10.8 Å². The zero-order valence-electron chi connectivity index (χ0n) is 10.8. The molecule has 0 rings (SSSR count). The Hall–Kier alpha value is -1.32. The Morgan fingerprint density at radius 1 is 0.812 bits per heavy atom. The maximum Gasteiger partial charge on any atom is 0.315 e. The van der Waals surface area contributed by atoms with Gasteiger partial charge in [0.1, 0.15) is 0 Å². The van der Waals surface area contributed by atoms with E-state index in [1.807, 2.05) is 0 Å². The van der Waals surface area contributed by atoms with E-state index in [1.165, 1.54) is 14.2 Å². The Morgan fingerprint density at radius 3 is 1.25 bits per heavy atom. The molecule has 0 aromatic carbocycles. The van der Waals surface area contributed by atoms with Crippen LogP contribution >= 0.6 is 0 Å². The van der Waals surface area contributed by atoms with E-state index >= 15 is 0 Å². The number of esters is 2. The van der Waals surface area contributed by atoms with Crippen LogP contribution in [0.5, 0.6) is 0 Å². The summed E-state index contributed by atoms with van der Waals surface area (Å²) >= 11 is 0. The molecule has 0 amide bonds. The number of ether oxygens (including phenoxy) is 2. The zero-order chi connectivity index (χ0) is 13.0. The van der Waals surface area contributed by atoms with Gasteiger partial charge in [0, 0.05) is 0 Å². The summed E-state index contributed by atoms with van der Waals surface area (Å²) < 4.78 is 9.32. The molecule has 0 aliphatic carbocycles. The van der Waals surface area contributed by atoms with Gasteiger partial charge in [-0.3, -0.25) is 9.59 Å². The second-order valence-electron chi connectivity index (χ2n) is 4.76. The van der Waals surface area contributed by atoms with Gasteiger partial charge in [0.15, 0.2) is 0 Å². The smallest absolute Gasteiger partial charge is 0.315 e. The Morgan fingerprint density at radius 2 is 1.06 bits per heavy atom. The van der Waals surface area contributed by atoms with Crippen molar-refractivity contribution in [1.82, 2.24) is 0 Å². The van der Waals surface area contributed by atoms with Crippen molar-refractivity contribution in [2.45, 2.75) is 27.7 Å². The van der Waals surface area contributed by atoms with Crippen molar-refractivity contribution >= 4 is 11.9 Å². The maximum atomic E-state index is 11.4. The van der Waals surface area contributed by atoms with Crippen LogP contribution in [-0.4, -0.2) is 26.2 Å². The average Bonchev–Trinajstić information content (AvgIpc) is 2.24. The first kappa shape index (κ1) is 14.7. The second kappa shape index (κ2) is 5.14. The van der Waals surface area contributed by atoms with Crippen LogP contribution in [0.15, 0.2) is 12.2 Å². The van der Waals surface area contributed by atoms with Crippen molar-refractivity contribution in [2.75, 3.05) is 14.2 Å². The lowest BCUT2D eigenvalue weighted by Gasteiger charge is -2.21. The number of carbonyl (C=O) groups is 2. The van der Waals surface area contributed by atoms with Crippen LogP contribution in [0.1, 0.15) is 27.7 Å². The lowest BCUT2D eigenvalue weighted by Crippen LogP contribution is -2.27. The van der Waals surface area contributed by atoms with E-state index < -0.39 is 10.8 Å². The first-order valence-corrected chi connectivity index (χ1v) is 5.04. The minimum absolute atomic E-state index is 0.343. The fraction of sp³-hybridized carbons (Fsp3) is 0.667. The molecule has 0 saturated heterocycles. The molecule has 0 unspecified atom stereocenters. The lowest BCUT2D eigenvalue weighted by atomic mass is 9.86. The molecule has 0 spiro atoms. The highest BCUT2D eigenvalue weighted by Crippen LogP contribution is 2.25. The van der Waals surface area contributed by atoms with Crippen LogP contribution in [0.4, 0.5) is 0 Å². The fourth-order valence-electron chi connectivity index (χ4n) is 1.08. The van der Waals surface area contributed by atoms with E-state index in [9.17, 15) is 9.59 Å². The van der Waals surface area contributed by atoms with Crippen LogP contribution in [0, 0.1) is 10.8 Å². The predicted octanol–water partition coefficient (Wildman–Crippen LogP) is 1.94. The molecule has 0 radical (unpaired) electrons. The van der Waals surface area contributed by atoms with Crippen molar-refractivity contribution in [1.29, 1.82) is 0 Å². The van der Waals surface area contributed by atoms with Crippen molar-refractivity contribution < 1.29 is 19.1 Å². The highest BCUT2D eigenvalue weighted by molar-refractivity contribution is 5.80. The van der Waals surface area contributed by atoms with E-state index in [-0.39, 0.29) is 11.9 Å². The molecule has 0 aromatic heterocycles. The van der Waals surface area contributed by atoms with E-state index in [2.05, 4.69) is 9.47 Å². The van der Waals surface area contributed by atoms with Gasteiger partial charge in [-0.2, -0.15) is 0 Å². The number of carbonyl (C=O) groups excluding carboxylic acids is 2. The predicted molar refractivity (Wildman–Crippen MR) is 60.7 cm³/mol. The highest BCUT2D eigenvalue weighted by Gasteiger charge is 2.30. The summed E-state index contributed by atoms with van der Waals surface area (Å²) in [5.41, 5.74) is -1.50. The van der Waals surface area contributed by atoms with Crippen LogP contribution in [-0.2, 0) is 19.1 Å². The van der Waals surface area contributed by atoms with Crippen molar-refractivity contribution in [3.63, 3.8) is 0 Å². The molecule has 0 aliphatic rings. The summed E-state index contributed by atoms with van der Waals surface area (Å²) in [6, 6.07) is 0. The largest absolute Gasteiger partial charge is 0.468 e. The third kappa shape index (κ3) is 3.68. The van der Waals surface area contributed by atoms with Gasteiger partial charge in [-0.15, -0.1) is 0 Å². The molecule has 4 nitrogen and oxygen atoms in total. The van der Waals surface area contributed by atoms with Gasteiger partial charge in [-0.25, -0.2) is 0 Å². The molecule has 4 heteroatoms. The van der Waals surface area contributed by atoms with Crippen LogP contribution in [0.25, 0.3) is 0 Å². The number of methoxy groups -OCH3 is 2. The first-order chi connectivity index (χ1) is 7.17. The number of hydrogen-bond acceptors (Lipinski definition) is 4. The van der Waals surface area contributed by atoms with E-state index in [0.29, 0.717) is 0 Å². The average molecular weight is 228 g/mol. The van der Waals surface area contributed by atoms with Crippen molar-refractivity contribution in [3.05, 3.63) is 12.2 Å². The van der Waals surface area contributed by atoms with Crippen molar-refractivity contribution in [3.8, 4) is 0 Å². The Balaban J connectivity index is 4.84. The molecule has 16 heavy (non-hydrogen) atoms. The maximum absolute atomic E-state index is 11.4. The first-order valence-electron chi connectivity index (χ1n) is 5.04. The van der Waals surface area contributed by atoms with Gasteiger partial charge in [-0.05, 0) is 27.7 Å². The standard InChI is InChI=1S/C12H20O4/c1-11(2,9(13)15-5)7-8-12(3,4)10(14)16-6/h7-8H,1-6H3/b8-7+. The van der Waals surface area contributed by atoms with Crippen LogP contribution in [0.3, 0.4) is 0 Å². The monoisotopic (exact) mass is 228 g/mol. The van der Waals surface area contributed by atoms with Gasteiger partial charge in [0.25, 0.3) is 0 Å². The molecule has 0 atom stereocenters. The molecular weight excluding hydrogens is 208 g/mol. The summed E-state index contributed by atoms with van der Waals surface area (Å²) in [5, 5.41) is 0. The molecule has 0 aromatic rings. The lowest BCUT2D eigenvalue weighted by molar-refractivity contribution is -0.149. The number of rotatable bonds is 4. The zero-order valence-corrected chi connectivity index (χ0v) is 10.8. The van der Waals surface area contributed by atoms with Gasteiger partial charge in [-0.1, -0.05) is 12.2 Å². The summed E-state index contributed by atoms with van der Waals surface area (Å²) in [6.07, 6.45) is 3.32. The van der Waals surface area contributed by atoms with Gasteiger partial charge >= 0.3 is 11.9 Å². The SMILES string of the molecule is COC(=O)C(C)(C)/C=C/C(C)(C)C(=O)OC. The number of hydrogen-bond donors (Lipinski definition) is 0. The normalized spacial score (nSPS) is 12.6.